The van der Waals surface area contributed by atoms with Crippen LogP contribution in [0.15, 0.2) is 18.2 Å². The van der Waals surface area contributed by atoms with Gasteiger partial charge in [-0.2, -0.15) is 0 Å². The smallest absolute Gasteiger partial charge is 0.231 e. The first-order chi connectivity index (χ1) is 13.4. The molecule has 1 N–H and O–H groups in total. The van der Waals surface area contributed by atoms with E-state index < -0.39 is 0 Å². The average molecular weight is 380 g/mol. The van der Waals surface area contributed by atoms with Gasteiger partial charge < -0.3 is 19.5 Å². The van der Waals surface area contributed by atoms with Crippen LogP contribution in [-0.4, -0.2) is 32.1 Å². The molecule has 4 nitrogen and oxygen atoms in total. The van der Waals surface area contributed by atoms with Crippen molar-refractivity contribution in [3.05, 3.63) is 23.8 Å². The normalized spacial score (nSPS) is 18.7. The number of nitrogens with one attached hydrogen (secondary N) is 1. The van der Waals surface area contributed by atoms with Gasteiger partial charge in [0, 0.05) is 25.3 Å². The van der Waals surface area contributed by atoms with Crippen LogP contribution in [0.3, 0.4) is 0 Å². The molecule has 0 bridgehead atoms. The van der Waals surface area contributed by atoms with Crippen molar-refractivity contribution >= 4 is 0 Å². The maximum absolute atomic E-state index is 5.49. The van der Waals surface area contributed by atoms with Gasteiger partial charge in [0.2, 0.25) is 6.79 Å². The fourth-order valence-electron chi connectivity index (χ4n) is 3.35. The van der Waals surface area contributed by atoms with Crippen LogP contribution in [0.1, 0.15) is 72.8 Å². The summed E-state index contributed by atoms with van der Waals surface area (Å²) in [7, 11) is 0. The number of ether oxygens (including phenoxy) is 3. The lowest BCUT2D eigenvalue weighted by Gasteiger charge is -2.29. The van der Waals surface area contributed by atoms with E-state index in [1.807, 2.05) is 47.6 Å². The van der Waals surface area contributed by atoms with E-state index in [4.69, 9.17) is 14.2 Å². The Morgan fingerprint density at radius 2 is 1.52 bits per heavy atom. The molecule has 1 aromatic carbocycles. The summed E-state index contributed by atoms with van der Waals surface area (Å²) in [4.78, 5) is 0. The summed E-state index contributed by atoms with van der Waals surface area (Å²) in [5, 5.41) is 3.88. The molecule has 1 atom stereocenters. The summed E-state index contributed by atoms with van der Waals surface area (Å²) in [5.41, 5.74) is 1.34. The van der Waals surface area contributed by atoms with Crippen LogP contribution < -0.4 is 14.8 Å². The molecule has 156 valence electrons. The lowest BCUT2D eigenvalue weighted by molar-refractivity contribution is 0.0740. The van der Waals surface area contributed by atoms with Gasteiger partial charge >= 0.3 is 0 Å². The second kappa shape index (κ2) is 13.8. The van der Waals surface area contributed by atoms with Crippen LogP contribution >= 0.6 is 0 Å². The lowest BCUT2D eigenvalue weighted by atomic mass is 9.99. The predicted octanol–water partition coefficient (Wildman–Crippen LogP) is 5.58. The Bertz CT molecular complexity index is 496. The summed E-state index contributed by atoms with van der Waals surface area (Å²) < 4.78 is 16.3. The van der Waals surface area contributed by atoms with E-state index >= 15 is 0 Å². The molecule has 1 aliphatic carbocycles. The van der Waals surface area contributed by atoms with Crippen LogP contribution in [0.4, 0.5) is 0 Å². The van der Waals surface area contributed by atoms with E-state index in [1.165, 1.54) is 18.4 Å². The highest BCUT2D eigenvalue weighted by atomic mass is 16.7. The fraction of sp³-hybridized carbons (Fsp3) is 0.739. The van der Waals surface area contributed by atoms with Crippen molar-refractivity contribution in [2.24, 2.45) is 5.92 Å². The van der Waals surface area contributed by atoms with Crippen LogP contribution in [-0.2, 0) is 11.2 Å². The number of benzene rings is 1. The average Bonchev–Trinajstić information content (AvgIpc) is 3.50. The Balaban J connectivity index is 0.000000556. The van der Waals surface area contributed by atoms with Gasteiger partial charge in [-0.25, -0.2) is 0 Å². The zero-order valence-corrected chi connectivity index (χ0v) is 18.3. The molecule has 1 aromatic rings. The van der Waals surface area contributed by atoms with Crippen molar-refractivity contribution in [2.75, 3.05) is 20.0 Å². The standard InChI is InChI=1S/C17H23NO3.3C2H6/c1-4-16-17(21-11-20-16)10-12(1)9-15(13-2-3-13)18-14-5-7-19-8-6-14;3*1-2/h1,4,10,13-15,18H,2-3,5-9,11H2;3*1-2H3. The monoisotopic (exact) mass is 379 g/mol. The Hall–Kier alpha value is -1.26. The highest BCUT2D eigenvalue weighted by molar-refractivity contribution is 5.44. The molecule has 0 radical (unpaired) electrons. The molecule has 1 saturated carbocycles. The predicted molar refractivity (Wildman–Crippen MR) is 114 cm³/mol. The molecule has 2 heterocycles. The minimum Gasteiger partial charge on any atom is -0.454 e. The Morgan fingerprint density at radius 3 is 2.15 bits per heavy atom. The Labute approximate surface area is 167 Å². The van der Waals surface area contributed by atoms with E-state index in [0.29, 0.717) is 18.9 Å². The maximum Gasteiger partial charge on any atom is 0.231 e. The van der Waals surface area contributed by atoms with E-state index in [-0.39, 0.29) is 0 Å². The van der Waals surface area contributed by atoms with Crippen molar-refractivity contribution in [3.8, 4) is 11.5 Å². The van der Waals surface area contributed by atoms with E-state index in [0.717, 1.165) is 49.9 Å². The highest BCUT2D eigenvalue weighted by Gasteiger charge is 2.33. The molecule has 4 rings (SSSR count). The molecule has 27 heavy (non-hydrogen) atoms. The fourth-order valence-corrected chi connectivity index (χ4v) is 3.35. The molecule has 2 aliphatic heterocycles. The second-order valence-electron chi connectivity index (χ2n) is 6.39. The third-order valence-electron chi connectivity index (χ3n) is 4.75. The van der Waals surface area contributed by atoms with Gasteiger partial charge in [0.05, 0.1) is 0 Å². The molecule has 2 fully saturated rings. The van der Waals surface area contributed by atoms with Crippen molar-refractivity contribution in [1.82, 2.24) is 5.32 Å². The van der Waals surface area contributed by atoms with Crippen LogP contribution in [0.25, 0.3) is 0 Å². The molecule has 4 heteroatoms. The minimum absolute atomic E-state index is 0.352. The zero-order valence-electron chi connectivity index (χ0n) is 18.3. The number of hydrogen-bond acceptors (Lipinski definition) is 4. The quantitative estimate of drug-likeness (QED) is 0.724. The second-order valence-corrected chi connectivity index (χ2v) is 6.39. The topological polar surface area (TPSA) is 39.7 Å². The zero-order chi connectivity index (χ0) is 20.1. The van der Waals surface area contributed by atoms with Gasteiger partial charge in [0.15, 0.2) is 11.5 Å². The van der Waals surface area contributed by atoms with Gasteiger partial charge in [-0.15, -0.1) is 0 Å². The number of rotatable bonds is 5. The summed E-state index contributed by atoms with van der Waals surface area (Å²) in [6.45, 7) is 14.2. The number of hydrogen-bond donors (Lipinski definition) is 1. The van der Waals surface area contributed by atoms with E-state index in [9.17, 15) is 0 Å². The third kappa shape index (κ3) is 7.71. The SMILES string of the molecule is CC.CC.CC.c1cc2c(cc1CC(NC1CCOCC1)C1CC1)OCO2. The molecular formula is C23H41NO3. The Kier molecular flexibility index (Phi) is 12.2. The van der Waals surface area contributed by atoms with Crippen molar-refractivity contribution in [2.45, 2.75) is 85.7 Å². The van der Waals surface area contributed by atoms with Gasteiger partial charge in [-0.05, 0) is 55.7 Å². The minimum atomic E-state index is 0.352. The van der Waals surface area contributed by atoms with E-state index in [1.54, 1.807) is 0 Å². The molecular weight excluding hydrogens is 338 g/mol. The lowest BCUT2D eigenvalue weighted by Crippen LogP contribution is -2.43. The first-order valence-corrected chi connectivity index (χ1v) is 11.1. The largest absolute Gasteiger partial charge is 0.454 e. The first kappa shape index (κ1) is 23.8. The van der Waals surface area contributed by atoms with Gasteiger partial charge in [-0.1, -0.05) is 47.6 Å². The van der Waals surface area contributed by atoms with Crippen LogP contribution in [0, 0.1) is 5.92 Å². The molecule has 1 saturated heterocycles. The highest BCUT2D eigenvalue weighted by Crippen LogP contribution is 2.37. The van der Waals surface area contributed by atoms with Crippen molar-refractivity contribution < 1.29 is 14.2 Å². The molecule has 1 unspecified atom stereocenters. The van der Waals surface area contributed by atoms with Crippen LogP contribution in [0.5, 0.6) is 11.5 Å². The summed E-state index contributed by atoms with van der Waals surface area (Å²) in [6, 6.07) is 7.57. The molecule has 0 amide bonds. The molecule has 0 spiro atoms. The first-order valence-electron chi connectivity index (χ1n) is 11.1. The van der Waals surface area contributed by atoms with Gasteiger partial charge in [0.1, 0.15) is 0 Å². The van der Waals surface area contributed by atoms with E-state index in [2.05, 4.69) is 17.4 Å². The third-order valence-corrected chi connectivity index (χ3v) is 4.75. The van der Waals surface area contributed by atoms with Crippen LogP contribution in [0.2, 0.25) is 0 Å². The Morgan fingerprint density at radius 1 is 0.889 bits per heavy atom. The van der Waals surface area contributed by atoms with Crippen molar-refractivity contribution in [1.29, 1.82) is 0 Å². The van der Waals surface area contributed by atoms with Gasteiger partial charge in [-0.3, -0.25) is 0 Å². The summed E-state index contributed by atoms with van der Waals surface area (Å²) in [5.74, 6) is 2.62. The van der Waals surface area contributed by atoms with Crippen molar-refractivity contribution in [3.63, 3.8) is 0 Å². The van der Waals surface area contributed by atoms with Gasteiger partial charge in [0.25, 0.3) is 0 Å². The summed E-state index contributed by atoms with van der Waals surface area (Å²) in [6.07, 6.45) is 6.10. The molecule has 0 aromatic heterocycles. The maximum atomic E-state index is 5.49. The summed E-state index contributed by atoms with van der Waals surface area (Å²) >= 11 is 0. The number of fused-ring (bicyclic) bond motifs is 1. The molecule has 3 aliphatic rings.